The van der Waals surface area contributed by atoms with E-state index in [4.69, 9.17) is 61.6 Å². The average molecular weight is 809 g/mol. The highest BCUT2D eigenvalue weighted by molar-refractivity contribution is 5.70. The molecule has 22 nitrogen and oxygen atoms in total. The van der Waals surface area contributed by atoms with Crippen molar-refractivity contribution in [2.75, 3.05) is 6.61 Å². The molecule has 3 fully saturated rings. The van der Waals surface area contributed by atoms with Crippen molar-refractivity contribution in [1.82, 2.24) is 0 Å². The van der Waals surface area contributed by atoms with Gasteiger partial charge in [0, 0.05) is 55.4 Å². The van der Waals surface area contributed by atoms with Crippen LogP contribution in [0.2, 0.25) is 0 Å². The normalized spacial score (nSPS) is 35.4. The molecule has 0 aromatic rings. The van der Waals surface area contributed by atoms with Gasteiger partial charge >= 0.3 is 47.8 Å². The fourth-order valence-electron chi connectivity index (χ4n) is 6.36. The van der Waals surface area contributed by atoms with Crippen LogP contribution in [0.25, 0.3) is 0 Å². The Labute approximate surface area is 320 Å². The summed E-state index contributed by atoms with van der Waals surface area (Å²) < 4.78 is 73.1. The van der Waals surface area contributed by atoms with Crippen LogP contribution in [0.5, 0.6) is 0 Å². The molecule has 15 atom stereocenters. The molecule has 0 radical (unpaired) electrons. The van der Waals surface area contributed by atoms with Gasteiger partial charge in [0.2, 0.25) is 0 Å². The maximum atomic E-state index is 12.5. The zero-order valence-corrected chi connectivity index (χ0v) is 32.4. The van der Waals surface area contributed by atoms with Crippen LogP contribution in [0.4, 0.5) is 0 Å². The van der Waals surface area contributed by atoms with Crippen LogP contribution < -0.4 is 0 Å². The summed E-state index contributed by atoms with van der Waals surface area (Å²) in [5, 5.41) is 11.1. The van der Waals surface area contributed by atoms with Crippen LogP contribution in [-0.4, -0.2) is 152 Å². The Hall–Kier alpha value is -4.48. The first-order valence-electron chi connectivity index (χ1n) is 17.4. The lowest BCUT2D eigenvalue weighted by atomic mass is 9.96. The van der Waals surface area contributed by atoms with Gasteiger partial charge in [0.25, 0.3) is 0 Å². The summed E-state index contributed by atoms with van der Waals surface area (Å²) in [4.78, 5) is 97.6. The van der Waals surface area contributed by atoms with E-state index in [1.165, 1.54) is 13.8 Å². The Balaban J connectivity index is 2.10. The molecule has 56 heavy (non-hydrogen) atoms. The van der Waals surface area contributed by atoms with E-state index in [-0.39, 0.29) is 0 Å². The lowest BCUT2D eigenvalue weighted by Gasteiger charge is -2.48. The second kappa shape index (κ2) is 20.1. The Morgan fingerprint density at radius 1 is 0.411 bits per heavy atom. The number of esters is 8. The molecule has 0 amide bonds. The lowest BCUT2D eigenvalue weighted by molar-refractivity contribution is -0.361. The Kier molecular flexibility index (Phi) is 16.5. The molecule has 3 rings (SSSR count). The quantitative estimate of drug-likeness (QED) is 0.173. The first-order chi connectivity index (χ1) is 26.1. The highest BCUT2D eigenvalue weighted by Crippen LogP contribution is 2.36. The van der Waals surface area contributed by atoms with Crippen molar-refractivity contribution in [3.05, 3.63) is 0 Å². The van der Waals surface area contributed by atoms with E-state index < -0.39 is 146 Å². The summed E-state index contributed by atoms with van der Waals surface area (Å²) in [7, 11) is 0. The fraction of sp³-hybridized carbons (Fsp3) is 0.765. The van der Waals surface area contributed by atoms with E-state index in [0.717, 1.165) is 55.4 Å². The van der Waals surface area contributed by atoms with Gasteiger partial charge in [-0.15, -0.1) is 0 Å². The lowest BCUT2D eigenvalue weighted by Crippen LogP contribution is -2.66. The molecule has 22 heteroatoms. The summed E-state index contributed by atoms with van der Waals surface area (Å²) in [6, 6.07) is 0. The van der Waals surface area contributed by atoms with Gasteiger partial charge in [-0.1, -0.05) is 0 Å². The first-order valence-corrected chi connectivity index (χ1v) is 17.4. The largest absolute Gasteiger partial charge is 0.456 e. The summed E-state index contributed by atoms with van der Waals surface area (Å²) in [6.45, 7) is 10.6. The zero-order valence-electron chi connectivity index (χ0n) is 32.4. The van der Waals surface area contributed by atoms with Crippen LogP contribution in [0.1, 0.15) is 69.2 Å². The molecule has 1 N–H and O–H groups in total. The third kappa shape index (κ3) is 12.5. The van der Waals surface area contributed by atoms with Gasteiger partial charge in [-0.2, -0.15) is 0 Å². The third-order valence-electron chi connectivity index (χ3n) is 8.20. The number of ether oxygens (including phenoxy) is 13. The third-order valence-corrected chi connectivity index (χ3v) is 8.20. The highest BCUT2D eigenvalue weighted by Gasteiger charge is 2.57. The SMILES string of the molecule is CC(=O)O[C@@H]1[C@@H](OC(C)=O)[C@H](C)O[C@@H](OC[C@H]2O[C@@H](O)[C@H](OC(C)=O)[C@@H](OC(C)=O)[C@@H]2O[C@@H]2O[C@@H](C)[C@H](OC(C)=O)[C@@H](OC(C)=O)[C@H]2OC(C)=O)[C@@H]1OC(C)=O. The predicted octanol–water partition coefficient (Wildman–Crippen LogP) is -0.951. The van der Waals surface area contributed by atoms with Crippen molar-refractivity contribution in [3.8, 4) is 0 Å². The standard InChI is InChI=1S/C34H48O22/c1-12-23(47-14(3)35)26(49-16(5)37)30(53-20(9)41)33(45-12)44-11-22-25(28(51-18(7)39)29(32(43)55-22)52-19(8)40)56-34-31(54-21(10)42)27(50-17(6)38)24(13(2)46-34)48-15(4)36/h12-13,22-34,43H,11H2,1-10H3/t12-,13-,22+,23-,24-,25+,26+,27+,28-,29+,30+,31+,32+,33+,34-/m0/s1. The number of aliphatic hydroxyl groups is 1. The van der Waals surface area contributed by atoms with Gasteiger partial charge in [-0.25, -0.2) is 0 Å². The molecule has 0 aromatic carbocycles. The van der Waals surface area contributed by atoms with Crippen molar-refractivity contribution in [2.24, 2.45) is 0 Å². The molecule has 3 aliphatic heterocycles. The smallest absolute Gasteiger partial charge is 0.303 e. The van der Waals surface area contributed by atoms with Crippen LogP contribution in [-0.2, 0) is 99.9 Å². The number of aliphatic hydroxyl groups excluding tert-OH is 1. The molecule has 0 aliphatic carbocycles. The zero-order chi connectivity index (χ0) is 42.2. The predicted molar refractivity (Wildman–Crippen MR) is 175 cm³/mol. The summed E-state index contributed by atoms with van der Waals surface area (Å²) >= 11 is 0. The minimum Gasteiger partial charge on any atom is -0.456 e. The average Bonchev–Trinajstić information content (AvgIpc) is 3.04. The Morgan fingerprint density at radius 3 is 1.11 bits per heavy atom. The second-order valence-corrected chi connectivity index (χ2v) is 13.0. The molecule has 3 aliphatic rings. The number of carbonyl (C=O) groups is 8. The molecule has 316 valence electrons. The van der Waals surface area contributed by atoms with Crippen LogP contribution in [0, 0.1) is 0 Å². The number of hydrogen-bond acceptors (Lipinski definition) is 22. The maximum Gasteiger partial charge on any atom is 0.303 e. The number of hydrogen-bond donors (Lipinski definition) is 1. The molecule has 0 aromatic heterocycles. The van der Waals surface area contributed by atoms with E-state index in [1.807, 2.05) is 0 Å². The van der Waals surface area contributed by atoms with Crippen LogP contribution in [0.15, 0.2) is 0 Å². The van der Waals surface area contributed by atoms with E-state index in [1.54, 1.807) is 0 Å². The minimum atomic E-state index is -2.01. The fourth-order valence-corrected chi connectivity index (χ4v) is 6.36. The molecule has 0 unspecified atom stereocenters. The first kappa shape index (κ1) is 45.9. The molecule has 3 heterocycles. The molecule has 0 bridgehead atoms. The molecule has 0 saturated carbocycles. The Morgan fingerprint density at radius 2 is 0.714 bits per heavy atom. The van der Waals surface area contributed by atoms with Gasteiger partial charge in [-0.3, -0.25) is 38.4 Å². The monoisotopic (exact) mass is 808 g/mol. The van der Waals surface area contributed by atoms with Gasteiger partial charge in [-0.05, 0) is 13.8 Å². The van der Waals surface area contributed by atoms with Crippen LogP contribution in [0.3, 0.4) is 0 Å². The molecule has 3 saturated heterocycles. The van der Waals surface area contributed by atoms with Gasteiger partial charge in [0.1, 0.15) is 12.2 Å². The van der Waals surface area contributed by atoms with Gasteiger partial charge < -0.3 is 66.7 Å². The van der Waals surface area contributed by atoms with E-state index in [0.29, 0.717) is 0 Å². The van der Waals surface area contributed by atoms with Gasteiger partial charge in [0.15, 0.2) is 67.7 Å². The molecular weight excluding hydrogens is 760 g/mol. The Bertz CT molecular complexity index is 1460. The van der Waals surface area contributed by atoms with Crippen molar-refractivity contribution in [1.29, 1.82) is 0 Å². The van der Waals surface area contributed by atoms with Gasteiger partial charge in [0.05, 0.1) is 18.8 Å². The van der Waals surface area contributed by atoms with Crippen molar-refractivity contribution >= 4 is 47.8 Å². The topological polar surface area (TPSA) is 277 Å². The van der Waals surface area contributed by atoms with E-state index in [9.17, 15) is 43.5 Å². The van der Waals surface area contributed by atoms with Crippen molar-refractivity contribution in [2.45, 2.75) is 161 Å². The van der Waals surface area contributed by atoms with E-state index >= 15 is 0 Å². The van der Waals surface area contributed by atoms with E-state index in [2.05, 4.69) is 0 Å². The molecule has 0 spiro atoms. The van der Waals surface area contributed by atoms with Crippen molar-refractivity contribution < 1.29 is 105 Å². The summed E-state index contributed by atoms with van der Waals surface area (Å²) in [5.41, 5.74) is 0. The molecular formula is C34H48O22. The maximum absolute atomic E-state index is 12.5. The summed E-state index contributed by atoms with van der Waals surface area (Å²) in [6.07, 6.45) is -23.0. The minimum absolute atomic E-state index is 0.698. The van der Waals surface area contributed by atoms with Crippen LogP contribution >= 0.6 is 0 Å². The summed E-state index contributed by atoms with van der Waals surface area (Å²) in [5.74, 6) is -6.94. The highest BCUT2D eigenvalue weighted by atomic mass is 16.8. The number of carbonyl (C=O) groups excluding carboxylic acids is 8. The van der Waals surface area contributed by atoms with Crippen molar-refractivity contribution in [3.63, 3.8) is 0 Å². The number of rotatable bonds is 13. The second-order valence-electron chi connectivity index (χ2n) is 13.0.